The molecule has 21 heavy (non-hydrogen) atoms. The van der Waals surface area contributed by atoms with Gasteiger partial charge in [-0.3, -0.25) is 0 Å². The normalized spacial score (nSPS) is 12.4. The third kappa shape index (κ3) is 4.63. The Morgan fingerprint density at radius 3 is 2.48 bits per heavy atom. The summed E-state index contributed by atoms with van der Waals surface area (Å²) in [6.45, 7) is 4.97. The molecule has 0 heterocycles. The average molecular weight is 415 g/mol. The summed E-state index contributed by atoms with van der Waals surface area (Å²) in [6.07, 6.45) is 0.628. The van der Waals surface area contributed by atoms with Crippen LogP contribution in [0.2, 0.25) is 0 Å². The van der Waals surface area contributed by atoms with Crippen molar-refractivity contribution in [3.63, 3.8) is 0 Å². The predicted octanol–water partition coefficient (Wildman–Crippen LogP) is 5.55. The fourth-order valence-electron chi connectivity index (χ4n) is 2.43. The van der Waals surface area contributed by atoms with Crippen LogP contribution in [0.5, 0.6) is 0 Å². The van der Waals surface area contributed by atoms with E-state index in [4.69, 9.17) is 0 Å². The van der Waals surface area contributed by atoms with Crippen LogP contribution >= 0.6 is 31.9 Å². The topological polar surface area (TPSA) is 12.0 Å². The highest BCUT2D eigenvalue weighted by molar-refractivity contribution is 9.10. The first-order valence-corrected chi connectivity index (χ1v) is 8.52. The van der Waals surface area contributed by atoms with Gasteiger partial charge in [-0.25, -0.2) is 4.39 Å². The second-order valence-electron chi connectivity index (χ2n) is 5.11. The van der Waals surface area contributed by atoms with Crippen LogP contribution in [-0.4, -0.2) is 6.54 Å². The molecule has 0 aliphatic carbocycles. The van der Waals surface area contributed by atoms with Gasteiger partial charge in [0.25, 0.3) is 0 Å². The number of rotatable bonds is 5. The van der Waals surface area contributed by atoms with Gasteiger partial charge < -0.3 is 5.32 Å². The summed E-state index contributed by atoms with van der Waals surface area (Å²) in [7, 11) is 0. The molecule has 4 heteroatoms. The molecule has 0 aliphatic heterocycles. The van der Waals surface area contributed by atoms with E-state index in [0.29, 0.717) is 6.42 Å². The van der Waals surface area contributed by atoms with E-state index in [9.17, 15) is 4.39 Å². The summed E-state index contributed by atoms with van der Waals surface area (Å²) < 4.78 is 15.9. The Bertz CT molecular complexity index is 608. The largest absolute Gasteiger partial charge is 0.310 e. The summed E-state index contributed by atoms with van der Waals surface area (Å²) in [5, 5.41) is 3.44. The van der Waals surface area contributed by atoms with E-state index in [1.165, 1.54) is 17.2 Å². The highest BCUT2D eigenvalue weighted by atomic mass is 79.9. The molecule has 1 atom stereocenters. The summed E-state index contributed by atoms with van der Waals surface area (Å²) in [6, 6.07) is 11.7. The smallest absolute Gasteiger partial charge is 0.127 e. The van der Waals surface area contributed by atoms with Crippen molar-refractivity contribution in [1.29, 1.82) is 0 Å². The van der Waals surface area contributed by atoms with Gasteiger partial charge in [0.1, 0.15) is 5.82 Å². The summed E-state index contributed by atoms with van der Waals surface area (Å²) >= 11 is 6.83. The maximum atomic E-state index is 14.1. The van der Waals surface area contributed by atoms with Crippen LogP contribution in [0.4, 0.5) is 4.39 Å². The monoisotopic (exact) mass is 413 g/mol. The lowest BCUT2D eigenvalue weighted by molar-refractivity contribution is 0.527. The highest BCUT2D eigenvalue weighted by Crippen LogP contribution is 2.25. The molecule has 2 aromatic carbocycles. The molecule has 1 nitrogen and oxygen atoms in total. The first-order chi connectivity index (χ1) is 9.99. The lowest BCUT2D eigenvalue weighted by Gasteiger charge is -2.20. The molecule has 2 aromatic rings. The zero-order valence-electron chi connectivity index (χ0n) is 12.1. The molecular weight excluding hydrogens is 397 g/mol. The average Bonchev–Trinajstić information content (AvgIpc) is 2.40. The minimum atomic E-state index is -0.168. The summed E-state index contributed by atoms with van der Waals surface area (Å²) in [4.78, 5) is 0. The van der Waals surface area contributed by atoms with E-state index >= 15 is 0 Å². The molecule has 0 radical (unpaired) electrons. The van der Waals surface area contributed by atoms with Crippen LogP contribution in [-0.2, 0) is 6.42 Å². The first kappa shape index (κ1) is 16.7. The molecule has 1 unspecified atom stereocenters. The lowest BCUT2D eigenvalue weighted by atomic mass is 9.97. The second-order valence-corrected chi connectivity index (χ2v) is 6.94. The minimum Gasteiger partial charge on any atom is -0.310 e. The third-order valence-corrected chi connectivity index (χ3v) is 4.31. The third-order valence-electron chi connectivity index (χ3n) is 3.36. The van der Waals surface area contributed by atoms with Gasteiger partial charge in [-0.2, -0.15) is 0 Å². The zero-order valence-corrected chi connectivity index (χ0v) is 15.3. The van der Waals surface area contributed by atoms with Gasteiger partial charge in [-0.15, -0.1) is 0 Å². The number of halogens is 3. The number of hydrogen-bond donors (Lipinski definition) is 1. The van der Waals surface area contributed by atoms with Gasteiger partial charge >= 0.3 is 0 Å². The number of hydrogen-bond acceptors (Lipinski definition) is 1. The summed E-state index contributed by atoms with van der Waals surface area (Å²) in [5.74, 6) is -0.168. The molecule has 0 aromatic heterocycles. The van der Waals surface area contributed by atoms with E-state index in [2.05, 4.69) is 69.2 Å². The van der Waals surface area contributed by atoms with Gasteiger partial charge in [-0.05, 0) is 60.8 Å². The molecule has 0 fully saturated rings. The van der Waals surface area contributed by atoms with Gasteiger partial charge in [0.2, 0.25) is 0 Å². The minimum absolute atomic E-state index is 0.0990. The Labute approximate surface area is 142 Å². The van der Waals surface area contributed by atoms with Crippen LogP contribution < -0.4 is 5.32 Å². The van der Waals surface area contributed by atoms with E-state index in [0.717, 1.165) is 21.1 Å². The first-order valence-electron chi connectivity index (χ1n) is 6.94. The Morgan fingerprint density at radius 1 is 1.10 bits per heavy atom. The van der Waals surface area contributed by atoms with Crippen molar-refractivity contribution < 1.29 is 4.39 Å². The van der Waals surface area contributed by atoms with Gasteiger partial charge in [0.05, 0.1) is 0 Å². The van der Waals surface area contributed by atoms with Crippen molar-refractivity contribution in [2.24, 2.45) is 0 Å². The SMILES string of the molecule is CCNC(Cc1ccc(Br)cc1F)c1cc(C)cc(Br)c1. The van der Waals surface area contributed by atoms with Crippen LogP contribution in [0.1, 0.15) is 29.7 Å². The standard InChI is InChI=1S/C17H18Br2FN/c1-3-21-17(13-6-11(2)7-15(19)8-13)9-12-4-5-14(18)10-16(12)20/h4-8,10,17,21H,3,9H2,1-2H3. The summed E-state index contributed by atoms with van der Waals surface area (Å²) in [5.41, 5.74) is 3.09. The zero-order chi connectivity index (χ0) is 15.4. The molecular formula is C17H18Br2FN. The van der Waals surface area contributed by atoms with Crippen molar-refractivity contribution in [3.8, 4) is 0 Å². The predicted molar refractivity (Wildman–Crippen MR) is 93.1 cm³/mol. The number of benzene rings is 2. The molecule has 0 amide bonds. The maximum absolute atomic E-state index is 14.1. The second kappa shape index (κ2) is 7.52. The van der Waals surface area contributed by atoms with Crippen LogP contribution in [0.3, 0.4) is 0 Å². The Morgan fingerprint density at radius 2 is 1.86 bits per heavy atom. The lowest BCUT2D eigenvalue weighted by Crippen LogP contribution is -2.23. The van der Waals surface area contributed by atoms with Crippen LogP contribution in [0.15, 0.2) is 45.3 Å². The van der Waals surface area contributed by atoms with Gasteiger partial charge in [0, 0.05) is 15.0 Å². The van der Waals surface area contributed by atoms with Gasteiger partial charge in [-0.1, -0.05) is 50.9 Å². The maximum Gasteiger partial charge on any atom is 0.127 e. The van der Waals surface area contributed by atoms with Crippen molar-refractivity contribution in [2.45, 2.75) is 26.3 Å². The van der Waals surface area contributed by atoms with Crippen molar-refractivity contribution in [2.75, 3.05) is 6.54 Å². The Hall–Kier alpha value is -0.710. The molecule has 112 valence electrons. The van der Waals surface area contributed by atoms with E-state index in [1.807, 2.05) is 12.1 Å². The molecule has 1 N–H and O–H groups in total. The highest BCUT2D eigenvalue weighted by Gasteiger charge is 2.15. The Balaban J connectivity index is 2.30. The van der Waals surface area contributed by atoms with E-state index in [-0.39, 0.29) is 11.9 Å². The van der Waals surface area contributed by atoms with Crippen molar-refractivity contribution in [3.05, 3.63) is 67.9 Å². The molecule has 0 bridgehead atoms. The number of nitrogens with one attached hydrogen (secondary N) is 1. The molecule has 0 aliphatic rings. The quantitative estimate of drug-likeness (QED) is 0.675. The van der Waals surface area contributed by atoms with Crippen LogP contribution in [0, 0.1) is 12.7 Å². The van der Waals surface area contributed by atoms with Crippen molar-refractivity contribution >= 4 is 31.9 Å². The van der Waals surface area contributed by atoms with Crippen LogP contribution in [0.25, 0.3) is 0 Å². The number of likely N-dealkylation sites (N-methyl/N-ethyl adjacent to an activating group) is 1. The van der Waals surface area contributed by atoms with Gasteiger partial charge in [0.15, 0.2) is 0 Å². The van der Waals surface area contributed by atoms with E-state index in [1.54, 1.807) is 0 Å². The molecule has 2 rings (SSSR count). The molecule has 0 saturated carbocycles. The fraction of sp³-hybridized carbons (Fsp3) is 0.294. The van der Waals surface area contributed by atoms with E-state index < -0.39 is 0 Å². The molecule has 0 spiro atoms. The fourth-order valence-corrected chi connectivity index (χ4v) is 3.39. The van der Waals surface area contributed by atoms with Crippen molar-refractivity contribution in [1.82, 2.24) is 5.32 Å². The number of aryl methyl sites for hydroxylation is 1. The Kier molecular flexibility index (Phi) is 5.97. The molecule has 0 saturated heterocycles.